The predicted molar refractivity (Wildman–Crippen MR) is 26.6 cm³/mol. The fourth-order valence-corrected chi connectivity index (χ4v) is 0.114. The highest BCUT2D eigenvalue weighted by Gasteiger charge is 1.56. The molecular weight excluding hydrogens is 72.1 g/mol. The van der Waals surface area contributed by atoms with E-state index in [4.69, 9.17) is 6.42 Å². The Labute approximate surface area is 38.6 Å². The quantitative estimate of drug-likeness (QED) is 0.376. The van der Waals surface area contributed by atoms with E-state index in [9.17, 15) is 0 Å². The van der Waals surface area contributed by atoms with Crippen LogP contribution in [0.15, 0.2) is 0 Å². The summed E-state index contributed by atoms with van der Waals surface area (Å²) < 4.78 is 0. The molecule has 0 heterocycles. The zero-order valence-corrected chi connectivity index (χ0v) is 3.65. The second kappa shape index (κ2) is 4.12. The fourth-order valence-electron chi connectivity index (χ4n) is 0.114. The molecule has 0 atom stereocenters. The largest absolute Gasteiger partial charge is 0.119 e. The molecule has 0 aromatic carbocycles. The van der Waals surface area contributed by atoms with Gasteiger partial charge in [-0.2, -0.15) is 0 Å². The molecule has 0 aliphatic rings. The van der Waals surface area contributed by atoms with Gasteiger partial charge in [-0.15, -0.1) is 12.3 Å². The first-order chi connectivity index (χ1) is 2.91. The average molecular weight is 77.1 g/mol. The van der Waals surface area contributed by atoms with Crippen molar-refractivity contribution in [2.45, 2.75) is 6.92 Å². The summed E-state index contributed by atoms with van der Waals surface area (Å²) >= 11 is 0. The van der Waals surface area contributed by atoms with Gasteiger partial charge >= 0.3 is 0 Å². The number of rotatable bonds is 0. The molecule has 0 amide bonds. The number of hydrogen-bond acceptors (Lipinski definition) is 0. The fraction of sp³-hybridized carbons (Fsp3) is 0.167. The summed E-state index contributed by atoms with van der Waals surface area (Å²) in [5.41, 5.74) is 0. The van der Waals surface area contributed by atoms with Crippen molar-refractivity contribution < 1.29 is 0 Å². The van der Waals surface area contributed by atoms with Crippen molar-refractivity contribution in [3.8, 4) is 24.2 Å². The lowest BCUT2D eigenvalue weighted by Gasteiger charge is -1.58. The summed E-state index contributed by atoms with van der Waals surface area (Å²) in [7, 11) is 0. The van der Waals surface area contributed by atoms with Crippen molar-refractivity contribution in [3.05, 3.63) is 6.42 Å². The Kier molecular flexibility index (Phi) is 3.52. The van der Waals surface area contributed by atoms with Crippen LogP contribution in [0.5, 0.6) is 0 Å². The summed E-state index contributed by atoms with van der Waals surface area (Å²) in [6.45, 7) is 1.74. The molecule has 0 saturated heterocycles. The second-order valence-corrected chi connectivity index (χ2v) is 0.705. The van der Waals surface area contributed by atoms with Crippen molar-refractivity contribution in [2.75, 3.05) is 0 Å². The van der Waals surface area contributed by atoms with Gasteiger partial charge in [-0.3, -0.25) is 0 Å². The van der Waals surface area contributed by atoms with E-state index < -0.39 is 0 Å². The molecule has 29 valence electrons. The molecule has 6 heavy (non-hydrogen) atoms. The topological polar surface area (TPSA) is 0 Å². The highest BCUT2D eigenvalue weighted by molar-refractivity contribution is 5.21. The van der Waals surface area contributed by atoms with Crippen LogP contribution in [0.3, 0.4) is 0 Å². The van der Waals surface area contributed by atoms with Crippen molar-refractivity contribution in [1.82, 2.24) is 0 Å². The van der Waals surface area contributed by atoms with Gasteiger partial charge in [0.1, 0.15) is 6.42 Å². The third-order valence-corrected chi connectivity index (χ3v) is 0.300. The molecule has 0 heteroatoms. The summed E-state index contributed by atoms with van der Waals surface area (Å²) in [6.07, 6.45) is 6.28. The first kappa shape index (κ1) is 5.12. The van der Waals surface area contributed by atoms with E-state index in [1.807, 2.05) is 0 Å². The van der Waals surface area contributed by atoms with Gasteiger partial charge in [-0.25, -0.2) is 0 Å². The van der Waals surface area contributed by atoms with Gasteiger partial charge < -0.3 is 0 Å². The highest BCUT2D eigenvalue weighted by Crippen LogP contribution is 1.61. The molecule has 0 aromatic heterocycles. The van der Waals surface area contributed by atoms with Gasteiger partial charge in [0.15, 0.2) is 0 Å². The molecule has 0 spiro atoms. The summed E-state index contributed by atoms with van der Waals surface area (Å²) in [4.78, 5) is 0. The Morgan fingerprint density at radius 3 is 2.50 bits per heavy atom. The summed E-state index contributed by atoms with van der Waals surface area (Å²) in [5, 5.41) is 0. The van der Waals surface area contributed by atoms with Crippen LogP contribution >= 0.6 is 0 Å². The van der Waals surface area contributed by atoms with Gasteiger partial charge in [-0.1, -0.05) is 11.8 Å². The molecule has 0 N–H and O–H groups in total. The van der Waals surface area contributed by atoms with E-state index in [-0.39, 0.29) is 0 Å². The molecule has 0 fully saturated rings. The monoisotopic (exact) mass is 77.0 g/mol. The predicted octanol–water partition coefficient (Wildman–Crippen LogP) is 0.847. The zero-order valence-electron chi connectivity index (χ0n) is 3.65. The van der Waals surface area contributed by atoms with Gasteiger partial charge in [-0.05, 0) is 6.92 Å². The molecule has 0 bridgehead atoms. The minimum atomic E-state index is 1.47. The minimum absolute atomic E-state index is 1.47. The normalized spacial score (nSPS) is 4.67. The molecule has 0 saturated carbocycles. The Morgan fingerprint density at radius 2 is 2.33 bits per heavy atom. The SMILES string of the molecule is C#C[CH]C#CC. The maximum absolute atomic E-state index is 4.81. The van der Waals surface area contributed by atoms with Gasteiger partial charge in [0.2, 0.25) is 0 Å². The van der Waals surface area contributed by atoms with Gasteiger partial charge in [0.05, 0.1) is 0 Å². The molecule has 0 rings (SSSR count). The van der Waals surface area contributed by atoms with Crippen LogP contribution in [-0.2, 0) is 0 Å². The van der Waals surface area contributed by atoms with E-state index in [1.165, 1.54) is 6.42 Å². The maximum Gasteiger partial charge on any atom is 0.106 e. The van der Waals surface area contributed by atoms with Crippen molar-refractivity contribution >= 4 is 0 Å². The molecule has 0 unspecified atom stereocenters. The first-order valence-corrected chi connectivity index (χ1v) is 1.62. The van der Waals surface area contributed by atoms with E-state index >= 15 is 0 Å². The van der Waals surface area contributed by atoms with E-state index in [1.54, 1.807) is 6.92 Å². The summed E-state index contributed by atoms with van der Waals surface area (Å²) in [6, 6.07) is 0. The van der Waals surface area contributed by atoms with Crippen molar-refractivity contribution in [3.63, 3.8) is 0 Å². The highest BCUT2D eigenvalue weighted by atomic mass is 13.6. The lowest BCUT2D eigenvalue weighted by atomic mass is 10.4. The molecule has 0 aliphatic carbocycles. The number of hydrogen-bond donors (Lipinski definition) is 0. The van der Waals surface area contributed by atoms with E-state index in [0.29, 0.717) is 0 Å². The van der Waals surface area contributed by atoms with Crippen LogP contribution in [-0.4, -0.2) is 0 Å². The Hall–Kier alpha value is -0.880. The van der Waals surface area contributed by atoms with Gasteiger partial charge in [0.25, 0.3) is 0 Å². The molecule has 0 aromatic rings. The van der Waals surface area contributed by atoms with E-state index in [0.717, 1.165) is 0 Å². The lowest BCUT2D eigenvalue weighted by Crippen LogP contribution is -1.53. The molecular formula is C6H5. The number of terminal acetylenes is 1. The standard InChI is InChI=1S/C6H5/c1-3-5-6-4-2/h1,5H,2H3. The lowest BCUT2D eigenvalue weighted by molar-refractivity contribution is 1.88. The van der Waals surface area contributed by atoms with Crippen LogP contribution in [0.1, 0.15) is 6.92 Å². The third-order valence-electron chi connectivity index (χ3n) is 0.300. The smallest absolute Gasteiger partial charge is 0.106 e. The van der Waals surface area contributed by atoms with Crippen LogP contribution in [0.25, 0.3) is 0 Å². The second-order valence-electron chi connectivity index (χ2n) is 0.705. The van der Waals surface area contributed by atoms with Crippen molar-refractivity contribution in [2.24, 2.45) is 0 Å². The molecule has 0 nitrogen and oxygen atoms in total. The van der Waals surface area contributed by atoms with Crippen LogP contribution in [0, 0.1) is 30.6 Å². The molecule has 1 radical (unpaired) electrons. The zero-order chi connectivity index (χ0) is 4.83. The van der Waals surface area contributed by atoms with Crippen LogP contribution in [0.2, 0.25) is 0 Å². The van der Waals surface area contributed by atoms with Crippen molar-refractivity contribution in [1.29, 1.82) is 0 Å². The first-order valence-electron chi connectivity index (χ1n) is 1.62. The van der Waals surface area contributed by atoms with Crippen LogP contribution < -0.4 is 0 Å². The minimum Gasteiger partial charge on any atom is -0.119 e. The molecule has 0 aliphatic heterocycles. The Balaban J connectivity index is 3.07. The third kappa shape index (κ3) is 3.12. The Morgan fingerprint density at radius 1 is 1.67 bits per heavy atom. The average Bonchev–Trinajstić information content (AvgIpc) is 1.61. The maximum atomic E-state index is 4.81. The van der Waals surface area contributed by atoms with E-state index in [2.05, 4.69) is 17.8 Å². The summed E-state index contributed by atoms with van der Waals surface area (Å²) in [5.74, 6) is 7.48. The van der Waals surface area contributed by atoms with Crippen LogP contribution in [0.4, 0.5) is 0 Å². The Bertz CT molecular complexity index is 104. The van der Waals surface area contributed by atoms with Gasteiger partial charge in [0, 0.05) is 0 Å².